The maximum absolute atomic E-state index is 16.1. The highest BCUT2D eigenvalue weighted by molar-refractivity contribution is 6.02. The summed E-state index contributed by atoms with van der Waals surface area (Å²) in [7, 11) is 0. The summed E-state index contributed by atoms with van der Waals surface area (Å²) in [6.07, 6.45) is 16.5. The van der Waals surface area contributed by atoms with Gasteiger partial charge >= 0.3 is 5.97 Å². The number of carbonyl (C=O) groups is 3. The van der Waals surface area contributed by atoms with E-state index in [1.807, 2.05) is 68.5 Å². The highest BCUT2D eigenvalue weighted by Gasteiger charge is 2.89. The third-order valence-corrected chi connectivity index (χ3v) is 20.3. The lowest BCUT2D eigenvalue weighted by molar-refractivity contribution is -0.168. The molecule has 13 unspecified atom stereocenters. The Morgan fingerprint density at radius 3 is 2.31 bits per heavy atom. The molecule has 11 heteroatoms. The van der Waals surface area contributed by atoms with E-state index in [1.54, 1.807) is 0 Å². The summed E-state index contributed by atoms with van der Waals surface area (Å²) < 4.78 is 0. The van der Waals surface area contributed by atoms with Gasteiger partial charge in [-0.3, -0.25) is 9.59 Å². The van der Waals surface area contributed by atoms with Gasteiger partial charge in [0.05, 0.1) is 11.6 Å². The number of hydrogen-bond donors (Lipinski definition) is 7. The minimum absolute atomic E-state index is 0.00895. The number of nitrogens with zero attached hydrogens (tertiary/aromatic N) is 1. The second-order valence-corrected chi connectivity index (χ2v) is 22.8. The SMILES string of the molecule is CC(C(=O)O)=C(O)C1(O)C2=CCC3=C2C2C4(O)C(=CC5(O)C6=C(C(=O)CC(C)(C27C=CC(N=C(N)N)C1C7C1CCCC1)C64C)C1(C)CCC(=O)C(C)(C)C1C5C=Cc1ccccc1)C3. The number of allylic oxidation sites excluding steroid dienone is 4. The largest absolute Gasteiger partial charge is 0.508 e. The fraction of sp³-hybridized carbons (Fsp3) is 0.556. The lowest BCUT2D eigenvalue weighted by Crippen LogP contribution is -2.71. The summed E-state index contributed by atoms with van der Waals surface area (Å²) in [6, 6.07) is 8.97. The van der Waals surface area contributed by atoms with Gasteiger partial charge in [0.2, 0.25) is 0 Å². The number of nitrogens with two attached hydrogens (primary N) is 2. The molecule has 65 heavy (non-hydrogen) atoms. The van der Waals surface area contributed by atoms with Crippen LogP contribution in [0.2, 0.25) is 0 Å². The molecule has 11 nitrogen and oxygen atoms in total. The molecule has 2 bridgehead atoms. The van der Waals surface area contributed by atoms with Crippen LogP contribution in [0.3, 0.4) is 0 Å². The number of aliphatic hydroxyl groups excluding tert-OH is 1. The first-order valence-electron chi connectivity index (χ1n) is 23.8. The number of benzene rings is 1. The number of aliphatic carboxylic acids is 1. The van der Waals surface area contributed by atoms with Crippen LogP contribution in [-0.2, 0) is 14.4 Å². The molecule has 11 rings (SSSR count). The molecular weight excluding hydrogens is 819 g/mol. The van der Waals surface area contributed by atoms with Crippen LogP contribution in [0.1, 0.15) is 105 Å². The van der Waals surface area contributed by atoms with Crippen LogP contribution < -0.4 is 11.5 Å². The number of aliphatic imine (C=N–C) groups is 1. The topological polar surface area (TPSA) is 217 Å². The summed E-state index contributed by atoms with van der Waals surface area (Å²) in [5.74, 6) is -6.00. The predicted octanol–water partition coefficient (Wildman–Crippen LogP) is 6.97. The van der Waals surface area contributed by atoms with Crippen LogP contribution in [0.5, 0.6) is 0 Å². The van der Waals surface area contributed by atoms with Gasteiger partial charge in [0.1, 0.15) is 22.7 Å². The molecule has 0 saturated heterocycles. The molecule has 0 aromatic heterocycles. The second-order valence-electron chi connectivity index (χ2n) is 22.8. The smallest absolute Gasteiger partial charge is 0.334 e. The van der Waals surface area contributed by atoms with Crippen LogP contribution in [0.4, 0.5) is 0 Å². The zero-order valence-electron chi connectivity index (χ0n) is 38.3. The molecule has 9 N–H and O–H groups in total. The van der Waals surface area contributed by atoms with Crippen molar-refractivity contribution < 1.29 is 39.9 Å². The van der Waals surface area contributed by atoms with Crippen molar-refractivity contribution in [2.24, 2.45) is 79.0 Å². The zero-order chi connectivity index (χ0) is 46.4. The maximum atomic E-state index is 16.1. The summed E-state index contributed by atoms with van der Waals surface area (Å²) in [5.41, 5.74) is 5.40. The first-order chi connectivity index (χ1) is 30.5. The van der Waals surface area contributed by atoms with E-state index in [9.17, 15) is 35.1 Å². The Labute approximate surface area is 380 Å². The Morgan fingerprint density at radius 1 is 0.954 bits per heavy atom. The first kappa shape index (κ1) is 42.8. The second kappa shape index (κ2) is 13.0. The Balaban J connectivity index is 1.30. The maximum Gasteiger partial charge on any atom is 0.334 e. The number of carbonyl (C=O) groups excluding carboxylic acids is 2. The molecule has 1 aromatic rings. The number of guanidine groups is 1. The average molecular weight is 882 g/mol. The van der Waals surface area contributed by atoms with E-state index < -0.39 is 96.8 Å². The Kier molecular flexibility index (Phi) is 8.54. The van der Waals surface area contributed by atoms with Crippen LogP contribution in [0.25, 0.3) is 6.08 Å². The monoisotopic (exact) mass is 881 g/mol. The van der Waals surface area contributed by atoms with Crippen LogP contribution in [0.15, 0.2) is 110 Å². The summed E-state index contributed by atoms with van der Waals surface area (Å²) in [6.45, 7) is 11.6. The van der Waals surface area contributed by atoms with Crippen LogP contribution in [-0.4, -0.2) is 71.9 Å². The Morgan fingerprint density at radius 2 is 1.65 bits per heavy atom. The van der Waals surface area contributed by atoms with Crippen molar-refractivity contribution in [2.45, 2.75) is 122 Å². The number of rotatable bonds is 6. The molecular formula is C54H63N3O8. The Bertz CT molecular complexity index is 2680. The van der Waals surface area contributed by atoms with Gasteiger partial charge < -0.3 is 37.0 Å². The van der Waals surface area contributed by atoms with E-state index in [1.165, 1.54) is 6.92 Å². The molecule has 13 atom stereocenters. The van der Waals surface area contributed by atoms with Gasteiger partial charge in [-0.1, -0.05) is 127 Å². The van der Waals surface area contributed by atoms with Crippen molar-refractivity contribution in [3.8, 4) is 0 Å². The highest BCUT2D eigenvalue weighted by atomic mass is 16.4. The third kappa shape index (κ3) is 4.59. The van der Waals surface area contributed by atoms with Crippen molar-refractivity contribution in [3.63, 3.8) is 0 Å². The standard InChI is InChI=1S/C54H63N3O8/c1-27(45(61)62)44(60)53(64)32-19-17-30-24-31-25-52(63)33(18-16-28-12-8-7-9-13-28)41-47(2,3)36(59)21-22-48(41,4)40-35(58)26-49(5)50(6,43(40)52)54(31,65)42(37(30)32)51(49)23-20-34(57-46(55)56)39(53)38(51)29-14-10-11-15-29/h7-9,12-13,16,18-20,23,25,29,33-34,38-39,41-42,60,63-65H,10-11,14-15,17,21-22,24,26H2,1-6H3,(H,61,62)(H4,55,56,57). The van der Waals surface area contributed by atoms with E-state index in [4.69, 9.17) is 16.5 Å². The van der Waals surface area contributed by atoms with Crippen molar-refractivity contribution in [1.29, 1.82) is 0 Å². The fourth-order valence-electron chi connectivity index (χ4n) is 17.9. The van der Waals surface area contributed by atoms with E-state index >= 15 is 4.79 Å². The number of aliphatic hydroxyl groups is 4. The quantitative estimate of drug-likeness (QED) is 0.0512. The Hall–Kier alpha value is -4.84. The summed E-state index contributed by atoms with van der Waals surface area (Å²) in [4.78, 5) is 47.9. The number of fused-ring (bicyclic) bond motifs is 3. The average Bonchev–Trinajstić information content (AvgIpc) is 3.95. The zero-order valence-corrected chi connectivity index (χ0v) is 38.3. The normalized spacial score (nSPS) is 45.5. The van der Waals surface area contributed by atoms with Crippen molar-refractivity contribution in [3.05, 3.63) is 111 Å². The number of carboxylic acids is 1. The third-order valence-electron chi connectivity index (χ3n) is 20.3. The number of ketones is 2. The van der Waals surface area contributed by atoms with Crippen molar-refractivity contribution in [1.82, 2.24) is 0 Å². The lowest BCUT2D eigenvalue weighted by atomic mass is 9.34. The highest BCUT2D eigenvalue weighted by Crippen LogP contribution is 2.89. The fourth-order valence-corrected chi connectivity index (χ4v) is 17.9. The summed E-state index contributed by atoms with van der Waals surface area (Å²) >= 11 is 0. The van der Waals surface area contributed by atoms with E-state index in [2.05, 4.69) is 32.9 Å². The number of Topliss-reactive ketones (excluding diaryl/α,β-unsaturated/α-hetero) is 2. The molecule has 0 radical (unpaired) electrons. The molecule has 0 heterocycles. The van der Waals surface area contributed by atoms with Crippen LogP contribution in [0, 0.1) is 62.6 Å². The minimum Gasteiger partial charge on any atom is -0.508 e. The summed E-state index contributed by atoms with van der Waals surface area (Å²) in [5, 5.41) is 66.1. The molecule has 4 fully saturated rings. The van der Waals surface area contributed by atoms with E-state index in [0.717, 1.165) is 36.8 Å². The molecule has 10 aliphatic carbocycles. The van der Waals surface area contributed by atoms with Gasteiger partial charge in [0.15, 0.2) is 17.3 Å². The van der Waals surface area contributed by atoms with Crippen LogP contribution >= 0.6 is 0 Å². The van der Waals surface area contributed by atoms with Gasteiger partial charge in [0, 0.05) is 57.8 Å². The molecule has 4 saturated carbocycles. The van der Waals surface area contributed by atoms with E-state index in [0.29, 0.717) is 40.7 Å². The van der Waals surface area contributed by atoms with Gasteiger partial charge in [-0.25, -0.2) is 9.79 Å². The molecule has 10 aliphatic rings. The van der Waals surface area contributed by atoms with Gasteiger partial charge in [0.25, 0.3) is 0 Å². The van der Waals surface area contributed by atoms with Crippen molar-refractivity contribution >= 4 is 29.6 Å². The lowest BCUT2D eigenvalue weighted by Gasteiger charge is -2.70. The number of carboxylic acid groups (broad SMARTS) is 1. The first-order valence-corrected chi connectivity index (χ1v) is 23.8. The van der Waals surface area contributed by atoms with Gasteiger partial charge in [-0.2, -0.15) is 0 Å². The van der Waals surface area contributed by atoms with Gasteiger partial charge in [-0.05, 0) is 83.3 Å². The molecule has 0 amide bonds. The predicted molar refractivity (Wildman–Crippen MR) is 245 cm³/mol. The molecule has 342 valence electrons. The number of hydrogen-bond acceptors (Lipinski definition) is 8. The van der Waals surface area contributed by atoms with Crippen molar-refractivity contribution in [2.75, 3.05) is 0 Å². The minimum atomic E-state index is -2.31. The van der Waals surface area contributed by atoms with E-state index in [-0.39, 0.29) is 42.7 Å². The van der Waals surface area contributed by atoms with Gasteiger partial charge in [-0.15, -0.1) is 0 Å². The molecule has 1 aromatic carbocycles. The molecule has 1 spiro atoms. The molecule has 0 aliphatic heterocycles.